The maximum absolute atomic E-state index is 4.78. The molecule has 2 rings (SSSR count). The zero-order chi connectivity index (χ0) is 19.6. The van der Waals surface area contributed by atoms with Crippen LogP contribution in [-0.2, 0) is 6.42 Å². The number of thiazole rings is 1. The summed E-state index contributed by atoms with van der Waals surface area (Å²) >= 11 is 1.77. The zero-order valence-corrected chi connectivity index (χ0v) is 21.3. The highest BCUT2D eigenvalue weighted by molar-refractivity contribution is 14.0. The summed E-state index contributed by atoms with van der Waals surface area (Å²) < 4.78 is 0. The van der Waals surface area contributed by atoms with E-state index < -0.39 is 0 Å². The molecule has 1 aromatic rings. The maximum atomic E-state index is 4.78. The van der Waals surface area contributed by atoms with Gasteiger partial charge >= 0.3 is 0 Å². The third kappa shape index (κ3) is 8.41. The fourth-order valence-corrected chi connectivity index (χ4v) is 4.49. The summed E-state index contributed by atoms with van der Waals surface area (Å²) in [7, 11) is 1.83. The normalized spacial score (nSPS) is 14.9. The van der Waals surface area contributed by atoms with E-state index in [-0.39, 0.29) is 24.0 Å². The van der Waals surface area contributed by atoms with Crippen molar-refractivity contribution in [1.29, 1.82) is 0 Å². The van der Waals surface area contributed by atoms with Crippen LogP contribution in [0.25, 0.3) is 0 Å². The van der Waals surface area contributed by atoms with Gasteiger partial charge in [0.1, 0.15) is 0 Å². The SMILES string of the molecule is CN=C(NCCCN(C(C)C)C(C)C)NCCc1csc(N2CCCC2)n1.I. The Labute approximate surface area is 192 Å². The Morgan fingerprint density at radius 1 is 1.18 bits per heavy atom. The minimum absolute atomic E-state index is 0. The highest BCUT2D eigenvalue weighted by Crippen LogP contribution is 2.24. The highest BCUT2D eigenvalue weighted by Gasteiger charge is 2.15. The van der Waals surface area contributed by atoms with Gasteiger partial charge in [0.2, 0.25) is 0 Å². The Morgan fingerprint density at radius 3 is 2.43 bits per heavy atom. The molecule has 0 unspecified atom stereocenters. The van der Waals surface area contributed by atoms with E-state index in [0.717, 1.165) is 51.5 Å². The minimum atomic E-state index is 0. The van der Waals surface area contributed by atoms with E-state index in [1.807, 2.05) is 7.05 Å². The van der Waals surface area contributed by atoms with Gasteiger partial charge in [-0.1, -0.05) is 0 Å². The van der Waals surface area contributed by atoms with E-state index in [9.17, 15) is 0 Å². The van der Waals surface area contributed by atoms with Crippen LogP contribution < -0.4 is 15.5 Å². The first-order valence-corrected chi connectivity index (χ1v) is 11.3. The molecule has 1 fully saturated rings. The van der Waals surface area contributed by atoms with E-state index in [2.05, 4.69) is 58.5 Å². The molecule has 0 saturated carbocycles. The van der Waals surface area contributed by atoms with Gasteiger partial charge in [-0.3, -0.25) is 9.89 Å². The number of halogens is 1. The van der Waals surface area contributed by atoms with Crippen LogP contribution in [0.3, 0.4) is 0 Å². The quantitative estimate of drug-likeness (QED) is 0.213. The molecule has 0 atom stereocenters. The molecule has 28 heavy (non-hydrogen) atoms. The minimum Gasteiger partial charge on any atom is -0.356 e. The first kappa shape index (κ1) is 25.4. The van der Waals surface area contributed by atoms with Crippen molar-refractivity contribution in [2.45, 2.75) is 65.5 Å². The van der Waals surface area contributed by atoms with Gasteiger partial charge in [0.25, 0.3) is 0 Å². The van der Waals surface area contributed by atoms with Crippen LogP contribution >= 0.6 is 35.3 Å². The third-order valence-electron chi connectivity index (χ3n) is 5.03. The molecule has 6 nitrogen and oxygen atoms in total. The lowest BCUT2D eigenvalue weighted by atomic mass is 10.2. The number of nitrogens with one attached hydrogen (secondary N) is 2. The van der Waals surface area contributed by atoms with Crippen molar-refractivity contribution >= 4 is 46.4 Å². The van der Waals surface area contributed by atoms with Crippen molar-refractivity contribution in [3.63, 3.8) is 0 Å². The standard InChI is InChI=1S/C20H38N6S.HI/c1-16(2)26(17(3)4)14-8-10-22-19(21-5)23-11-9-18-15-27-20(24-18)25-12-6-7-13-25;/h15-17H,6-14H2,1-5H3,(H2,21,22,23);1H. The Morgan fingerprint density at radius 2 is 1.82 bits per heavy atom. The van der Waals surface area contributed by atoms with E-state index >= 15 is 0 Å². The van der Waals surface area contributed by atoms with E-state index in [4.69, 9.17) is 4.98 Å². The Bertz CT molecular complexity index is 561. The van der Waals surface area contributed by atoms with E-state index in [1.165, 1.54) is 23.7 Å². The molecule has 8 heteroatoms. The number of guanidine groups is 1. The molecule has 1 aliphatic heterocycles. The number of hydrogen-bond acceptors (Lipinski definition) is 5. The summed E-state index contributed by atoms with van der Waals surface area (Å²) in [5.74, 6) is 0.880. The molecule has 1 aromatic heterocycles. The predicted octanol–water partition coefficient (Wildman–Crippen LogP) is 3.58. The van der Waals surface area contributed by atoms with Crippen LogP contribution in [0.2, 0.25) is 0 Å². The summed E-state index contributed by atoms with van der Waals surface area (Å²) in [6.45, 7) is 14.3. The van der Waals surface area contributed by atoms with Crippen LogP contribution in [-0.4, -0.2) is 67.7 Å². The molecular weight excluding hydrogens is 483 g/mol. The number of rotatable bonds is 10. The molecule has 2 heterocycles. The first-order chi connectivity index (χ1) is 13.0. The molecule has 162 valence electrons. The van der Waals surface area contributed by atoms with Crippen molar-refractivity contribution in [1.82, 2.24) is 20.5 Å². The fraction of sp³-hybridized carbons (Fsp3) is 0.800. The summed E-state index contributed by atoms with van der Waals surface area (Å²) in [6, 6.07) is 1.18. The predicted molar refractivity (Wildman–Crippen MR) is 134 cm³/mol. The average Bonchev–Trinajstić information content (AvgIpc) is 3.30. The summed E-state index contributed by atoms with van der Waals surface area (Å²) in [4.78, 5) is 14.0. The molecule has 0 radical (unpaired) electrons. The molecular formula is C20H39IN6S. The van der Waals surface area contributed by atoms with Crippen LogP contribution in [0, 0.1) is 0 Å². The molecule has 1 saturated heterocycles. The Kier molecular flexibility index (Phi) is 12.3. The lowest BCUT2D eigenvalue weighted by Gasteiger charge is -2.30. The van der Waals surface area contributed by atoms with Gasteiger partial charge in [0, 0.05) is 63.7 Å². The van der Waals surface area contributed by atoms with Gasteiger partial charge in [0.15, 0.2) is 11.1 Å². The molecule has 2 N–H and O–H groups in total. The molecule has 0 aromatic carbocycles. The topological polar surface area (TPSA) is 55.8 Å². The molecule has 0 amide bonds. The lowest BCUT2D eigenvalue weighted by Crippen LogP contribution is -2.41. The van der Waals surface area contributed by atoms with E-state index in [1.54, 1.807) is 11.3 Å². The highest BCUT2D eigenvalue weighted by atomic mass is 127. The number of hydrogen-bond donors (Lipinski definition) is 2. The van der Waals surface area contributed by atoms with Gasteiger partial charge in [-0.05, 0) is 47.0 Å². The Balaban J connectivity index is 0.00000392. The second-order valence-electron chi connectivity index (χ2n) is 7.77. The van der Waals surface area contributed by atoms with Crippen LogP contribution in [0.5, 0.6) is 0 Å². The summed E-state index contributed by atoms with van der Waals surface area (Å²) in [5, 5.41) is 10.2. The van der Waals surface area contributed by atoms with Crippen LogP contribution in [0.1, 0.15) is 52.7 Å². The number of aliphatic imine (C=N–C) groups is 1. The number of aromatic nitrogens is 1. The molecule has 0 aliphatic carbocycles. The lowest BCUT2D eigenvalue weighted by molar-refractivity contribution is 0.173. The monoisotopic (exact) mass is 522 g/mol. The van der Waals surface area contributed by atoms with Crippen molar-refractivity contribution < 1.29 is 0 Å². The van der Waals surface area contributed by atoms with Gasteiger partial charge in [-0.2, -0.15) is 0 Å². The van der Waals surface area contributed by atoms with Gasteiger partial charge in [-0.25, -0.2) is 4.98 Å². The maximum Gasteiger partial charge on any atom is 0.190 e. The zero-order valence-electron chi connectivity index (χ0n) is 18.2. The first-order valence-electron chi connectivity index (χ1n) is 10.4. The average molecular weight is 523 g/mol. The molecule has 0 spiro atoms. The van der Waals surface area contributed by atoms with Crippen molar-refractivity contribution in [3.05, 3.63) is 11.1 Å². The number of anilines is 1. The second kappa shape index (κ2) is 13.6. The Hall–Kier alpha value is -0.610. The molecule has 1 aliphatic rings. The fourth-order valence-electron chi connectivity index (χ4n) is 3.58. The second-order valence-corrected chi connectivity index (χ2v) is 8.61. The van der Waals surface area contributed by atoms with Gasteiger partial charge < -0.3 is 15.5 Å². The number of nitrogens with zero attached hydrogens (tertiary/aromatic N) is 4. The van der Waals surface area contributed by atoms with Crippen molar-refractivity contribution in [2.24, 2.45) is 4.99 Å². The third-order valence-corrected chi connectivity index (χ3v) is 5.98. The van der Waals surface area contributed by atoms with Crippen LogP contribution in [0.4, 0.5) is 5.13 Å². The summed E-state index contributed by atoms with van der Waals surface area (Å²) in [5.41, 5.74) is 1.18. The molecule has 0 bridgehead atoms. The van der Waals surface area contributed by atoms with Gasteiger partial charge in [0.05, 0.1) is 5.69 Å². The van der Waals surface area contributed by atoms with E-state index in [0.29, 0.717) is 12.1 Å². The van der Waals surface area contributed by atoms with Gasteiger partial charge in [-0.15, -0.1) is 35.3 Å². The smallest absolute Gasteiger partial charge is 0.190 e. The summed E-state index contributed by atoms with van der Waals surface area (Å²) in [6.07, 6.45) is 4.64. The van der Waals surface area contributed by atoms with Crippen molar-refractivity contribution in [2.75, 3.05) is 44.7 Å². The van der Waals surface area contributed by atoms with Crippen LogP contribution in [0.15, 0.2) is 10.4 Å². The largest absolute Gasteiger partial charge is 0.356 e. The van der Waals surface area contributed by atoms with Crippen molar-refractivity contribution in [3.8, 4) is 0 Å².